The number of hydrogen-bond acceptors (Lipinski definition) is 4. The molecule has 0 saturated heterocycles. The fourth-order valence-electron chi connectivity index (χ4n) is 4.50. The minimum atomic E-state index is -1.22. The van der Waals surface area contributed by atoms with Crippen LogP contribution in [0.2, 0.25) is 0 Å². The largest absolute Gasteiger partial charge is 0.550 e. The molecule has 0 fully saturated rings. The van der Waals surface area contributed by atoms with E-state index in [1.807, 2.05) is 12.3 Å². The van der Waals surface area contributed by atoms with E-state index in [2.05, 4.69) is 6.92 Å². The second-order valence-corrected chi connectivity index (χ2v) is 10.2. The van der Waals surface area contributed by atoms with Crippen LogP contribution in [0.4, 0.5) is 0 Å². The van der Waals surface area contributed by atoms with Crippen LogP contribution < -0.4 is 5.11 Å². The summed E-state index contributed by atoms with van der Waals surface area (Å²) in [6.07, 6.45) is 18.4. The van der Waals surface area contributed by atoms with Gasteiger partial charge in [-0.05, 0) is 32.8 Å². The molecule has 0 heterocycles. The molecule has 0 aliphatic carbocycles. The summed E-state index contributed by atoms with van der Waals surface area (Å²) in [5.74, 6) is -5.47. The van der Waals surface area contributed by atoms with Gasteiger partial charge in [-0.3, -0.25) is 14.1 Å². The standard InChI is InChI=1S/C27H49NO6/c1-5-6-7-8-9-10-11-12-13-14-15-16-17-18-28(19-22(2)25(29)30,20-23(3)26(31)32)21-24(4)27(33)34/h17-18,22-24H,5-16,19-21H2,1-4H3,(H2-,29,30,31,32,33,34)/b18-17+. The van der Waals surface area contributed by atoms with E-state index >= 15 is 0 Å². The molecule has 0 aromatic rings. The normalized spacial score (nSPS) is 16.1. The first-order chi connectivity index (χ1) is 16.0. The number of allylic oxidation sites excluding steroid dienone is 1. The Bertz CT molecular complexity index is 563. The molecule has 3 unspecified atom stereocenters. The first-order valence-corrected chi connectivity index (χ1v) is 13.2. The summed E-state index contributed by atoms with van der Waals surface area (Å²) >= 11 is 0. The maximum Gasteiger partial charge on any atom is 0.311 e. The number of carboxylic acid groups (broad SMARTS) is 3. The van der Waals surface area contributed by atoms with E-state index in [4.69, 9.17) is 0 Å². The molecule has 198 valence electrons. The first kappa shape index (κ1) is 32.1. The van der Waals surface area contributed by atoms with Gasteiger partial charge in [-0.15, -0.1) is 0 Å². The number of carbonyl (C=O) groups excluding carboxylic acids is 1. The molecule has 2 N–H and O–H groups in total. The van der Waals surface area contributed by atoms with E-state index in [0.29, 0.717) is 0 Å². The van der Waals surface area contributed by atoms with Crippen LogP contribution in [0.3, 0.4) is 0 Å². The minimum Gasteiger partial charge on any atom is -0.550 e. The SMILES string of the molecule is CCCCCCCCCCCCC/C=C/[N+](CC(C)C(=O)[O-])(CC(C)C(=O)O)CC(C)C(=O)O. The third kappa shape index (κ3) is 15.1. The zero-order valence-electron chi connectivity index (χ0n) is 22.0. The Morgan fingerprint density at radius 1 is 0.706 bits per heavy atom. The monoisotopic (exact) mass is 483 g/mol. The van der Waals surface area contributed by atoms with Crippen LogP contribution in [0, 0.1) is 17.8 Å². The van der Waals surface area contributed by atoms with Crippen molar-refractivity contribution in [2.75, 3.05) is 19.6 Å². The lowest BCUT2D eigenvalue weighted by atomic mass is 10.0. The van der Waals surface area contributed by atoms with Gasteiger partial charge in [0.05, 0.1) is 25.8 Å². The predicted octanol–water partition coefficient (Wildman–Crippen LogP) is 4.85. The number of carboxylic acids is 3. The van der Waals surface area contributed by atoms with Crippen LogP contribution in [0.25, 0.3) is 0 Å². The molecule has 0 spiro atoms. The van der Waals surface area contributed by atoms with Crippen molar-refractivity contribution in [2.45, 2.75) is 105 Å². The first-order valence-electron chi connectivity index (χ1n) is 13.2. The molecule has 0 rings (SSSR count). The topological polar surface area (TPSA) is 115 Å². The lowest BCUT2D eigenvalue weighted by Crippen LogP contribution is -2.54. The molecule has 0 amide bonds. The molecular weight excluding hydrogens is 434 g/mol. The van der Waals surface area contributed by atoms with Crippen LogP contribution in [0.5, 0.6) is 0 Å². The minimum absolute atomic E-state index is 0.00805. The molecule has 3 atom stereocenters. The number of unbranched alkanes of at least 4 members (excludes halogenated alkanes) is 11. The number of nitrogens with zero attached hydrogens (tertiary/aromatic N) is 1. The highest BCUT2D eigenvalue weighted by Gasteiger charge is 2.35. The molecule has 34 heavy (non-hydrogen) atoms. The third-order valence-electron chi connectivity index (χ3n) is 6.55. The quantitative estimate of drug-likeness (QED) is 0.168. The van der Waals surface area contributed by atoms with E-state index in [1.54, 1.807) is 13.8 Å². The second-order valence-electron chi connectivity index (χ2n) is 10.2. The molecule has 7 nitrogen and oxygen atoms in total. The van der Waals surface area contributed by atoms with Gasteiger partial charge >= 0.3 is 11.9 Å². The van der Waals surface area contributed by atoms with Crippen molar-refractivity contribution >= 4 is 17.9 Å². The Kier molecular flexibility index (Phi) is 17.4. The number of rotatable bonds is 22. The van der Waals surface area contributed by atoms with Crippen LogP contribution in [-0.4, -0.2) is 52.2 Å². The number of quaternary nitrogens is 1. The smallest absolute Gasteiger partial charge is 0.311 e. The molecule has 0 aliphatic rings. The van der Waals surface area contributed by atoms with Gasteiger partial charge in [-0.2, -0.15) is 0 Å². The molecule has 0 aliphatic heterocycles. The fraction of sp³-hybridized carbons (Fsp3) is 0.815. The van der Waals surface area contributed by atoms with Crippen LogP contribution in [-0.2, 0) is 14.4 Å². The third-order valence-corrected chi connectivity index (χ3v) is 6.55. The highest BCUT2D eigenvalue weighted by atomic mass is 16.4. The summed E-state index contributed by atoms with van der Waals surface area (Å²) in [6.45, 7) is 7.28. The van der Waals surface area contributed by atoms with Gasteiger partial charge in [-0.1, -0.05) is 78.1 Å². The molecule has 0 aromatic heterocycles. The number of hydrogen-bond donors (Lipinski definition) is 2. The Balaban J connectivity index is 4.87. The van der Waals surface area contributed by atoms with Crippen molar-refractivity contribution in [2.24, 2.45) is 17.8 Å². The molecule has 0 aromatic carbocycles. The number of carbonyl (C=O) groups is 3. The van der Waals surface area contributed by atoms with Crippen LogP contribution >= 0.6 is 0 Å². The van der Waals surface area contributed by atoms with Crippen molar-refractivity contribution in [1.29, 1.82) is 0 Å². The van der Waals surface area contributed by atoms with Crippen molar-refractivity contribution in [1.82, 2.24) is 0 Å². The fourth-order valence-corrected chi connectivity index (χ4v) is 4.50. The summed E-state index contributed by atoms with van der Waals surface area (Å²) in [4.78, 5) is 34.5. The lowest BCUT2D eigenvalue weighted by Gasteiger charge is -2.39. The molecular formula is C27H49NO6. The summed E-state index contributed by atoms with van der Waals surface area (Å²) < 4.78 is 0.00805. The van der Waals surface area contributed by atoms with Gasteiger partial charge in [0.25, 0.3) is 0 Å². The molecule has 7 heteroatoms. The summed E-state index contributed by atoms with van der Waals surface area (Å²) in [5.41, 5.74) is 0. The van der Waals surface area contributed by atoms with Crippen molar-refractivity contribution in [3.05, 3.63) is 12.3 Å². The predicted molar refractivity (Wildman–Crippen MR) is 133 cm³/mol. The van der Waals surface area contributed by atoms with Gasteiger partial charge in [0.15, 0.2) is 0 Å². The summed E-state index contributed by atoms with van der Waals surface area (Å²) in [5, 5.41) is 30.3. The Labute approximate surface area is 206 Å². The summed E-state index contributed by atoms with van der Waals surface area (Å²) in [6, 6.07) is 0. The summed E-state index contributed by atoms with van der Waals surface area (Å²) in [7, 11) is 0. The second kappa shape index (κ2) is 18.4. The van der Waals surface area contributed by atoms with Gasteiger partial charge < -0.3 is 20.1 Å². The number of aliphatic carboxylic acids is 3. The van der Waals surface area contributed by atoms with E-state index in [0.717, 1.165) is 19.3 Å². The van der Waals surface area contributed by atoms with Crippen molar-refractivity contribution < 1.29 is 34.2 Å². The Hall–Kier alpha value is -1.89. The zero-order valence-corrected chi connectivity index (χ0v) is 22.0. The highest BCUT2D eigenvalue weighted by molar-refractivity contribution is 5.70. The average molecular weight is 484 g/mol. The lowest BCUT2D eigenvalue weighted by molar-refractivity contribution is -0.886. The van der Waals surface area contributed by atoms with E-state index in [1.165, 1.54) is 64.7 Å². The zero-order chi connectivity index (χ0) is 26.0. The van der Waals surface area contributed by atoms with Crippen molar-refractivity contribution in [3.8, 4) is 0 Å². The van der Waals surface area contributed by atoms with Crippen molar-refractivity contribution in [3.63, 3.8) is 0 Å². The molecule has 0 bridgehead atoms. The molecule has 0 radical (unpaired) electrons. The van der Waals surface area contributed by atoms with Gasteiger partial charge in [0.1, 0.15) is 11.8 Å². The Morgan fingerprint density at radius 2 is 1.09 bits per heavy atom. The van der Waals surface area contributed by atoms with Gasteiger partial charge in [0, 0.05) is 11.9 Å². The highest BCUT2D eigenvalue weighted by Crippen LogP contribution is 2.21. The average Bonchev–Trinajstić information content (AvgIpc) is 2.76. The van der Waals surface area contributed by atoms with Crippen LogP contribution in [0.15, 0.2) is 12.3 Å². The van der Waals surface area contributed by atoms with Gasteiger partial charge in [-0.25, -0.2) is 0 Å². The van der Waals surface area contributed by atoms with E-state index in [-0.39, 0.29) is 24.1 Å². The van der Waals surface area contributed by atoms with E-state index < -0.39 is 35.7 Å². The molecule has 0 saturated carbocycles. The van der Waals surface area contributed by atoms with Crippen LogP contribution in [0.1, 0.15) is 105 Å². The maximum atomic E-state index is 11.5. The Morgan fingerprint density at radius 3 is 1.47 bits per heavy atom. The van der Waals surface area contributed by atoms with Gasteiger partial charge in [0.2, 0.25) is 0 Å². The van der Waals surface area contributed by atoms with E-state index in [9.17, 15) is 29.7 Å². The maximum absolute atomic E-state index is 11.5.